The van der Waals surface area contributed by atoms with Crippen LogP contribution in [0.2, 0.25) is 0 Å². The molecule has 0 saturated heterocycles. The van der Waals surface area contributed by atoms with Gasteiger partial charge in [-0.15, -0.1) is 0 Å². The van der Waals surface area contributed by atoms with E-state index in [0.29, 0.717) is 10.9 Å². The molecule has 4 aromatic carbocycles. The average molecular weight is 566 g/mol. The topological polar surface area (TPSA) is 8.29 Å². The van der Waals surface area contributed by atoms with Crippen LogP contribution in [0.4, 0.5) is 13.2 Å². The van der Waals surface area contributed by atoms with Crippen LogP contribution in [-0.2, 0) is 18.9 Å². The van der Waals surface area contributed by atoms with Crippen molar-refractivity contribution in [2.24, 2.45) is 12.5 Å². The molecule has 0 aliphatic heterocycles. The zero-order valence-electron chi connectivity index (χ0n) is 25.5. The highest BCUT2D eigenvalue weighted by atomic mass is 19.4. The van der Waals surface area contributed by atoms with Crippen molar-refractivity contribution in [3.63, 3.8) is 0 Å². The van der Waals surface area contributed by atoms with Gasteiger partial charge in [0.05, 0.1) is 32.7 Å². The molecule has 0 saturated carbocycles. The van der Waals surface area contributed by atoms with Gasteiger partial charge in [0.15, 0.2) is 6.20 Å². The fraction of sp³-hybridized carbons (Fsp3) is 0.324. The molecule has 3 heterocycles. The van der Waals surface area contributed by atoms with Gasteiger partial charge in [0.25, 0.3) is 0 Å². The van der Waals surface area contributed by atoms with Crippen molar-refractivity contribution in [3.8, 4) is 0 Å². The standard InChI is InChI=1S/C37H36F3N2/c1-20-13-14-23-21(2)29-32(26(25(23)17-20)19-35(3,4)5)42-28-12-10-9-11-24(28)31-27(36(6,7)37(38,39)40)18-22-15-16-41(8)33(29)30(22)34(31)42/h9-18H,19H2,1-8H3/q+1. The maximum Gasteiger partial charge on any atom is 0.397 e. The molecular formula is C37H36F3N2+. The molecule has 0 fully saturated rings. The van der Waals surface area contributed by atoms with Crippen molar-refractivity contribution in [1.29, 1.82) is 0 Å². The van der Waals surface area contributed by atoms with E-state index in [2.05, 4.69) is 74.9 Å². The summed E-state index contributed by atoms with van der Waals surface area (Å²) in [6.45, 7) is 13.7. The molecule has 0 bridgehead atoms. The third-order valence-corrected chi connectivity index (χ3v) is 9.39. The molecule has 5 heteroatoms. The first-order valence-electron chi connectivity index (χ1n) is 14.6. The Morgan fingerprint density at radius 1 is 0.762 bits per heavy atom. The maximum absolute atomic E-state index is 14.8. The van der Waals surface area contributed by atoms with E-state index < -0.39 is 11.6 Å². The van der Waals surface area contributed by atoms with Crippen molar-refractivity contribution in [1.82, 2.24) is 4.40 Å². The molecule has 0 N–H and O–H groups in total. The minimum atomic E-state index is -4.41. The van der Waals surface area contributed by atoms with E-state index in [1.54, 1.807) is 6.07 Å². The predicted molar refractivity (Wildman–Crippen MR) is 169 cm³/mol. The SMILES string of the molecule is Cc1ccc2c(C)c3c(c(CC(C)(C)C)c2c1)n1c2ccccc2c2c(C(C)(C)C(F)(F)F)cc4cc[n+](C)c3c4c21. The zero-order valence-corrected chi connectivity index (χ0v) is 25.5. The normalized spacial score (nSPS) is 13.7. The first-order valence-corrected chi connectivity index (χ1v) is 14.6. The summed E-state index contributed by atoms with van der Waals surface area (Å²) in [5.74, 6) is 0. The highest BCUT2D eigenvalue weighted by molar-refractivity contribution is 6.29. The highest BCUT2D eigenvalue weighted by Gasteiger charge is 2.50. The van der Waals surface area contributed by atoms with Crippen LogP contribution in [0.1, 0.15) is 56.9 Å². The minimum Gasteiger partial charge on any atom is -0.307 e. The molecule has 42 heavy (non-hydrogen) atoms. The number of nitrogens with zero attached hydrogens (tertiary/aromatic N) is 2. The minimum absolute atomic E-state index is 0.0175. The number of alkyl halides is 3. The summed E-state index contributed by atoms with van der Waals surface area (Å²) in [4.78, 5) is 0. The molecule has 0 spiro atoms. The summed E-state index contributed by atoms with van der Waals surface area (Å²) in [6.07, 6.45) is -1.59. The highest BCUT2D eigenvalue weighted by Crippen LogP contribution is 2.50. The lowest BCUT2D eigenvalue weighted by Gasteiger charge is -2.30. The lowest BCUT2D eigenvalue weighted by molar-refractivity contribution is -0.643. The van der Waals surface area contributed by atoms with Gasteiger partial charge >= 0.3 is 6.18 Å². The molecule has 0 radical (unpaired) electrons. The van der Waals surface area contributed by atoms with E-state index in [9.17, 15) is 13.2 Å². The molecule has 7 rings (SSSR count). The fourth-order valence-corrected chi connectivity index (χ4v) is 7.26. The van der Waals surface area contributed by atoms with Crippen LogP contribution in [-0.4, -0.2) is 10.6 Å². The molecule has 7 aromatic rings. The second kappa shape index (κ2) is 8.37. The quantitative estimate of drug-likeness (QED) is 0.112. The molecule has 0 unspecified atom stereocenters. The van der Waals surface area contributed by atoms with Gasteiger partial charge in [-0.25, -0.2) is 4.57 Å². The number of aryl methyl sites for hydroxylation is 3. The molecule has 0 aliphatic carbocycles. The summed E-state index contributed by atoms with van der Waals surface area (Å²) >= 11 is 0. The van der Waals surface area contributed by atoms with Gasteiger partial charge in [0.2, 0.25) is 5.52 Å². The van der Waals surface area contributed by atoms with Crippen molar-refractivity contribution < 1.29 is 17.7 Å². The van der Waals surface area contributed by atoms with E-state index in [1.165, 1.54) is 41.3 Å². The predicted octanol–water partition coefficient (Wildman–Crippen LogP) is 10.0. The van der Waals surface area contributed by atoms with Gasteiger partial charge in [0, 0.05) is 16.8 Å². The lowest BCUT2D eigenvalue weighted by atomic mass is 9.79. The summed E-state index contributed by atoms with van der Waals surface area (Å²) in [7, 11) is 2.05. The van der Waals surface area contributed by atoms with Crippen molar-refractivity contribution in [3.05, 3.63) is 83.0 Å². The number of fused-ring (bicyclic) bond motifs is 7. The Kier molecular flexibility index (Phi) is 5.38. The number of benzene rings is 4. The number of hydrogen-bond donors (Lipinski definition) is 0. The van der Waals surface area contributed by atoms with Crippen molar-refractivity contribution in [2.75, 3.05) is 0 Å². The Bertz CT molecular complexity index is 2240. The van der Waals surface area contributed by atoms with E-state index in [4.69, 9.17) is 0 Å². The summed E-state index contributed by atoms with van der Waals surface area (Å²) in [5, 5.41) is 7.00. The molecule has 0 amide bonds. The Morgan fingerprint density at radius 3 is 2.17 bits per heavy atom. The first-order chi connectivity index (χ1) is 19.6. The number of halogens is 3. The van der Waals surface area contributed by atoms with Crippen molar-refractivity contribution in [2.45, 2.75) is 66.5 Å². The Balaban J connectivity index is 1.91. The second-order valence-electron chi connectivity index (χ2n) is 14.0. The van der Waals surface area contributed by atoms with E-state index >= 15 is 0 Å². The van der Waals surface area contributed by atoms with Crippen molar-refractivity contribution >= 4 is 59.8 Å². The first kappa shape index (κ1) is 27.0. The number of aromatic nitrogens is 2. The van der Waals surface area contributed by atoms with E-state index in [1.807, 2.05) is 30.5 Å². The molecule has 0 aliphatic rings. The lowest BCUT2D eigenvalue weighted by Crippen LogP contribution is -2.36. The summed E-state index contributed by atoms with van der Waals surface area (Å²) < 4.78 is 48.7. The smallest absolute Gasteiger partial charge is 0.307 e. The number of para-hydroxylation sites is 1. The second-order valence-corrected chi connectivity index (χ2v) is 14.0. The van der Waals surface area contributed by atoms with Crippen LogP contribution in [0.15, 0.2) is 60.8 Å². The van der Waals surface area contributed by atoms with E-state index in [0.717, 1.165) is 50.0 Å². The molecule has 2 nitrogen and oxygen atoms in total. The monoisotopic (exact) mass is 565 g/mol. The summed E-state index contributed by atoms with van der Waals surface area (Å²) in [6, 6.07) is 18.5. The van der Waals surface area contributed by atoms with Crippen LogP contribution in [0, 0.1) is 19.3 Å². The fourth-order valence-electron chi connectivity index (χ4n) is 7.26. The van der Waals surface area contributed by atoms with Crippen LogP contribution < -0.4 is 4.57 Å². The summed E-state index contributed by atoms with van der Waals surface area (Å²) in [5.41, 5.74) is 5.87. The van der Waals surface area contributed by atoms with Gasteiger partial charge in [-0.2, -0.15) is 13.2 Å². The Hall–Kier alpha value is -3.86. The Morgan fingerprint density at radius 2 is 1.48 bits per heavy atom. The number of hydrogen-bond acceptors (Lipinski definition) is 0. The number of pyridine rings is 2. The largest absolute Gasteiger partial charge is 0.397 e. The zero-order chi connectivity index (χ0) is 30.1. The molecule has 3 aromatic heterocycles. The van der Waals surface area contributed by atoms with Gasteiger partial charge in [-0.3, -0.25) is 0 Å². The Labute approximate surface area is 243 Å². The molecule has 0 atom stereocenters. The van der Waals surface area contributed by atoms with Crippen LogP contribution in [0.25, 0.3) is 59.8 Å². The average Bonchev–Trinajstić information content (AvgIpc) is 3.25. The maximum atomic E-state index is 14.8. The molecular weight excluding hydrogens is 529 g/mol. The number of rotatable bonds is 2. The third kappa shape index (κ3) is 3.49. The third-order valence-electron chi connectivity index (χ3n) is 9.39. The van der Waals surface area contributed by atoms with Gasteiger partial charge in [0.1, 0.15) is 7.05 Å². The van der Waals surface area contributed by atoms with Crippen LogP contribution in [0.3, 0.4) is 0 Å². The van der Waals surface area contributed by atoms with Gasteiger partial charge in [-0.05, 0) is 84.5 Å². The van der Waals surface area contributed by atoms with Gasteiger partial charge < -0.3 is 4.40 Å². The molecule has 214 valence electrons. The van der Waals surface area contributed by atoms with Crippen LogP contribution >= 0.6 is 0 Å². The van der Waals surface area contributed by atoms with E-state index in [-0.39, 0.29) is 5.41 Å². The van der Waals surface area contributed by atoms with Gasteiger partial charge in [-0.1, -0.05) is 62.7 Å². The van der Waals surface area contributed by atoms with Crippen LogP contribution in [0.5, 0.6) is 0 Å².